The van der Waals surface area contributed by atoms with Crippen molar-refractivity contribution >= 4 is 5.97 Å². The quantitative estimate of drug-likeness (QED) is 0.724. The molecule has 1 unspecified atom stereocenters. The Kier molecular flexibility index (Phi) is 7.02. The molecule has 2 aromatic carbocycles. The molecular formula is C23H29NO3. The number of carbonyl (C=O) groups is 1. The normalized spacial score (nSPS) is 17.7. The van der Waals surface area contributed by atoms with Gasteiger partial charge in [-0.2, -0.15) is 0 Å². The molecule has 1 aliphatic rings. The fourth-order valence-corrected chi connectivity index (χ4v) is 3.57. The van der Waals surface area contributed by atoms with Gasteiger partial charge in [0, 0.05) is 19.5 Å². The summed E-state index contributed by atoms with van der Waals surface area (Å²) in [5.74, 6) is -0.724. The van der Waals surface area contributed by atoms with E-state index in [1.54, 1.807) is 0 Å². The molecule has 27 heavy (non-hydrogen) atoms. The summed E-state index contributed by atoms with van der Waals surface area (Å²) in [5, 5.41) is 8.83. The molecule has 1 N–H and O–H groups in total. The first-order valence-corrected chi connectivity index (χ1v) is 9.85. The first kappa shape index (κ1) is 19.6. The zero-order valence-electron chi connectivity index (χ0n) is 16.1. The van der Waals surface area contributed by atoms with Gasteiger partial charge in [0.15, 0.2) is 0 Å². The van der Waals surface area contributed by atoms with Crippen molar-refractivity contribution in [1.29, 1.82) is 0 Å². The van der Waals surface area contributed by atoms with Crippen LogP contribution in [0.4, 0.5) is 0 Å². The molecule has 4 heteroatoms. The number of rotatable bonds is 8. The van der Waals surface area contributed by atoms with Crippen LogP contribution >= 0.6 is 0 Å². The van der Waals surface area contributed by atoms with Crippen LogP contribution in [0.5, 0.6) is 0 Å². The minimum absolute atomic E-state index is 0.101. The molecule has 1 saturated heterocycles. The fraction of sp³-hybridized carbons (Fsp3) is 0.435. The van der Waals surface area contributed by atoms with Crippen LogP contribution in [0.2, 0.25) is 0 Å². The molecule has 0 aromatic heterocycles. The molecule has 0 radical (unpaired) electrons. The largest absolute Gasteiger partial charge is 0.481 e. The second-order valence-corrected chi connectivity index (χ2v) is 7.36. The number of hydrogen-bond donors (Lipinski definition) is 1. The van der Waals surface area contributed by atoms with Crippen LogP contribution in [0.3, 0.4) is 0 Å². The standard InChI is InChI=1S/C23H29NO3/c1-18-7-11-20(12-8-18)21-13-9-19(10-14-21)17-27-22-5-2-3-15-24(22)16-4-6-23(25)26/h7-14,22H,2-6,15-17H2,1H3,(H,25,26). The van der Waals surface area contributed by atoms with E-state index in [0.717, 1.165) is 25.9 Å². The van der Waals surface area contributed by atoms with Gasteiger partial charge in [0.25, 0.3) is 0 Å². The number of carboxylic acids is 1. The zero-order valence-corrected chi connectivity index (χ0v) is 16.1. The van der Waals surface area contributed by atoms with Gasteiger partial charge in [0.05, 0.1) is 6.61 Å². The third-order valence-corrected chi connectivity index (χ3v) is 5.17. The minimum Gasteiger partial charge on any atom is -0.481 e. The maximum atomic E-state index is 10.7. The lowest BCUT2D eigenvalue weighted by Crippen LogP contribution is -2.41. The molecule has 0 amide bonds. The van der Waals surface area contributed by atoms with Crippen LogP contribution in [0, 0.1) is 6.92 Å². The maximum absolute atomic E-state index is 10.7. The number of aliphatic carboxylic acids is 1. The Bertz CT molecular complexity index is 724. The smallest absolute Gasteiger partial charge is 0.303 e. The van der Waals surface area contributed by atoms with Crippen molar-refractivity contribution in [3.63, 3.8) is 0 Å². The SMILES string of the molecule is Cc1ccc(-c2ccc(COC3CCCCN3CCCC(=O)O)cc2)cc1. The average Bonchev–Trinajstić information content (AvgIpc) is 2.68. The van der Waals surface area contributed by atoms with E-state index in [1.807, 2.05) is 0 Å². The van der Waals surface area contributed by atoms with Crippen molar-refractivity contribution < 1.29 is 14.6 Å². The summed E-state index contributed by atoms with van der Waals surface area (Å²) in [6.07, 6.45) is 4.37. The summed E-state index contributed by atoms with van der Waals surface area (Å²) >= 11 is 0. The summed E-state index contributed by atoms with van der Waals surface area (Å²) in [5.41, 5.74) is 4.88. The number of ether oxygens (including phenoxy) is 1. The van der Waals surface area contributed by atoms with Gasteiger partial charge in [-0.05, 0) is 49.3 Å². The van der Waals surface area contributed by atoms with Crippen molar-refractivity contribution in [2.75, 3.05) is 13.1 Å². The molecule has 2 aromatic rings. The van der Waals surface area contributed by atoms with Crippen molar-refractivity contribution in [2.24, 2.45) is 0 Å². The Balaban J connectivity index is 1.53. The Morgan fingerprint density at radius 3 is 2.41 bits per heavy atom. The van der Waals surface area contributed by atoms with Crippen LogP contribution in [0.25, 0.3) is 11.1 Å². The van der Waals surface area contributed by atoms with E-state index in [0.29, 0.717) is 13.0 Å². The van der Waals surface area contributed by atoms with Crippen LogP contribution in [0.15, 0.2) is 48.5 Å². The topological polar surface area (TPSA) is 49.8 Å². The Hall–Kier alpha value is -2.17. The molecule has 1 fully saturated rings. The lowest BCUT2D eigenvalue weighted by molar-refractivity contribution is -0.137. The van der Waals surface area contributed by atoms with Crippen molar-refractivity contribution in [2.45, 2.75) is 51.9 Å². The van der Waals surface area contributed by atoms with Crippen LogP contribution < -0.4 is 0 Å². The molecule has 0 aliphatic carbocycles. The fourth-order valence-electron chi connectivity index (χ4n) is 3.57. The Morgan fingerprint density at radius 2 is 1.74 bits per heavy atom. The maximum Gasteiger partial charge on any atom is 0.303 e. The van der Waals surface area contributed by atoms with Crippen LogP contribution in [0.1, 0.15) is 43.2 Å². The molecule has 1 aliphatic heterocycles. The number of aryl methyl sites for hydroxylation is 1. The van der Waals surface area contributed by atoms with Gasteiger partial charge in [-0.1, -0.05) is 54.1 Å². The third kappa shape index (κ3) is 5.91. The predicted molar refractivity (Wildman–Crippen MR) is 107 cm³/mol. The number of likely N-dealkylation sites (tertiary alicyclic amines) is 1. The van der Waals surface area contributed by atoms with Gasteiger partial charge in [0.1, 0.15) is 6.23 Å². The second kappa shape index (κ2) is 9.67. The van der Waals surface area contributed by atoms with Gasteiger partial charge in [-0.3, -0.25) is 9.69 Å². The van der Waals surface area contributed by atoms with Gasteiger partial charge in [-0.15, -0.1) is 0 Å². The van der Waals surface area contributed by atoms with Crippen molar-refractivity contribution in [3.05, 3.63) is 59.7 Å². The summed E-state index contributed by atoms with van der Waals surface area (Å²) in [6.45, 7) is 4.48. The van der Waals surface area contributed by atoms with E-state index in [4.69, 9.17) is 9.84 Å². The molecule has 0 bridgehead atoms. The molecule has 1 atom stereocenters. The molecule has 0 spiro atoms. The van der Waals surface area contributed by atoms with E-state index >= 15 is 0 Å². The van der Waals surface area contributed by atoms with Gasteiger partial charge >= 0.3 is 5.97 Å². The highest BCUT2D eigenvalue weighted by Crippen LogP contribution is 2.23. The molecule has 1 heterocycles. The summed E-state index contributed by atoms with van der Waals surface area (Å²) in [7, 11) is 0. The van der Waals surface area contributed by atoms with E-state index in [-0.39, 0.29) is 12.6 Å². The highest BCUT2D eigenvalue weighted by Gasteiger charge is 2.22. The van der Waals surface area contributed by atoms with Crippen LogP contribution in [-0.2, 0) is 16.1 Å². The number of nitrogens with zero attached hydrogens (tertiary/aromatic N) is 1. The molecule has 0 saturated carbocycles. The van der Waals surface area contributed by atoms with Crippen LogP contribution in [-0.4, -0.2) is 35.3 Å². The summed E-state index contributed by atoms with van der Waals surface area (Å²) in [6, 6.07) is 17.1. The summed E-state index contributed by atoms with van der Waals surface area (Å²) < 4.78 is 6.18. The van der Waals surface area contributed by atoms with E-state index in [1.165, 1.54) is 28.7 Å². The van der Waals surface area contributed by atoms with Gasteiger partial charge < -0.3 is 9.84 Å². The lowest BCUT2D eigenvalue weighted by atomic mass is 10.0. The number of carboxylic acid groups (broad SMARTS) is 1. The monoisotopic (exact) mass is 367 g/mol. The second-order valence-electron chi connectivity index (χ2n) is 7.36. The number of piperidine rings is 1. The van der Waals surface area contributed by atoms with Gasteiger partial charge in [0.2, 0.25) is 0 Å². The number of benzene rings is 2. The zero-order chi connectivity index (χ0) is 19.1. The first-order valence-electron chi connectivity index (χ1n) is 9.85. The first-order chi connectivity index (χ1) is 13.1. The van der Waals surface area contributed by atoms with E-state index in [2.05, 4.69) is 60.4 Å². The van der Waals surface area contributed by atoms with E-state index < -0.39 is 5.97 Å². The number of hydrogen-bond acceptors (Lipinski definition) is 3. The third-order valence-electron chi connectivity index (χ3n) is 5.17. The minimum atomic E-state index is -0.724. The highest BCUT2D eigenvalue weighted by atomic mass is 16.5. The van der Waals surface area contributed by atoms with Crippen molar-refractivity contribution in [1.82, 2.24) is 4.90 Å². The predicted octanol–water partition coefficient (Wildman–Crippen LogP) is 4.86. The van der Waals surface area contributed by atoms with E-state index in [9.17, 15) is 4.79 Å². The molecule has 3 rings (SSSR count). The lowest BCUT2D eigenvalue weighted by Gasteiger charge is -2.35. The molecule has 144 valence electrons. The molecule has 4 nitrogen and oxygen atoms in total. The molecular weight excluding hydrogens is 338 g/mol. The summed E-state index contributed by atoms with van der Waals surface area (Å²) in [4.78, 5) is 13.0. The Morgan fingerprint density at radius 1 is 1.07 bits per heavy atom. The highest BCUT2D eigenvalue weighted by molar-refractivity contribution is 5.66. The van der Waals surface area contributed by atoms with Crippen molar-refractivity contribution in [3.8, 4) is 11.1 Å². The van der Waals surface area contributed by atoms with Gasteiger partial charge in [-0.25, -0.2) is 0 Å². The average molecular weight is 367 g/mol. The Labute approximate surface area is 161 Å².